The largest absolute Gasteiger partial charge is 0.444 e. The van der Waals surface area contributed by atoms with E-state index in [4.69, 9.17) is 4.74 Å². The van der Waals surface area contributed by atoms with Crippen LogP contribution in [0.3, 0.4) is 0 Å². The molecule has 9 nitrogen and oxygen atoms in total. The molecule has 2 rings (SSSR count). The van der Waals surface area contributed by atoms with E-state index in [-0.39, 0.29) is 17.8 Å². The number of rotatable bonds is 5. The van der Waals surface area contributed by atoms with Crippen molar-refractivity contribution in [3.8, 4) is 0 Å². The minimum Gasteiger partial charge on any atom is -0.444 e. The minimum absolute atomic E-state index is 0.0488. The Labute approximate surface area is 158 Å². The Morgan fingerprint density at radius 1 is 1.41 bits per heavy atom. The van der Waals surface area contributed by atoms with Gasteiger partial charge in [-0.15, -0.1) is 0 Å². The van der Waals surface area contributed by atoms with E-state index in [1.54, 1.807) is 17.0 Å². The van der Waals surface area contributed by atoms with Crippen molar-refractivity contribution in [2.75, 3.05) is 19.6 Å². The van der Waals surface area contributed by atoms with Crippen LogP contribution in [0.25, 0.3) is 0 Å². The monoisotopic (exact) mass is 377 g/mol. The molecule has 1 aromatic carbocycles. The summed E-state index contributed by atoms with van der Waals surface area (Å²) in [5.41, 5.74) is 0.294. The lowest BCUT2D eigenvalue weighted by Gasteiger charge is -2.40. The van der Waals surface area contributed by atoms with Crippen LogP contribution in [0, 0.1) is 10.1 Å². The van der Waals surface area contributed by atoms with Gasteiger partial charge in [0.25, 0.3) is 5.69 Å². The third-order valence-electron chi connectivity index (χ3n) is 3.76. The number of aliphatic imine (C=N–C) groups is 1. The Bertz CT molecular complexity index is 708. The first-order chi connectivity index (χ1) is 12.7. The Morgan fingerprint density at radius 2 is 2.11 bits per heavy atom. The fourth-order valence-corrected chi connectivity index (χ4v) is 2.50. The third-order valence-corrected chi connectivity index (χ3v) is 3.76. The Balaban J connectivity index is 1.89. The van der Waals surface area contributed by atoms with Crippen LogP contribution < -0.4 is 10.6 Å². The highest BCUT2D eigenvalue weighted by Crippen LogP contribution is 2.16. The van der Waals surface area contributed by atoms with Gasteiger partial charge in [-0.25, -0.2) is 9.79 Å². The van der Waals surface area contributed by atoms with Crippen molar-refractivity contribution in [1.29, 1.82) is 0 Å². The molecule has 0 radical (unpaired) electrons. The van der Waals surface area contributed by atoms with Crippen LogP contribution in [0.2, 0.25) is 0 Å². The van der Waals surface area contributed by atoms with Crippen molar-refractivity contribution in [2.24, 2.45) is 4.99 Å². The molecule has 148 valence electrons. The van der Waals surface area contributed by atoms with Gasteiger partial charge >= 0.3 is 6.09 Å². The maximum atomic E-state index is 12.0. The summed E-state index contributed by atoms with van der Waals surface area (Å²) in [6.45, 7) is 9.55. The number of nitrogens with zero attached hydrogens (tertiary/aromatic N) is 3. The standard InChI is InChI=1S/C18H27N5O4/c1-5-19-16(20-10-13-7-6-8-15(9-13)23(25)26)21-14-11-22(12-14)17(24)27-18(2,3)4/h6-9,14H,5,10-12H2,1-4H3,(H2,19,20,21). The maximum absolute atomic E-state index is 12.0. The van der Waals surface area contributed by atoms with Gasteiger partial charge in [0.1, 0.15) is 5.60 Å². The number of nitro groups is 1. The summed E-state index contributed by atoms with van der Waals surface area (Å²) in [4.78, 5) is 28.5. The fourth-order valence-electron chi connectivity index (χ4n) is 2.50. The number of amides is 1. The molecule has 0 atom stereocenters. The van der Waals surface area contributed by atoms with E-state index in [2.05, 4.69) is 15.6 Å². The number of hydrogen-bond donors (Lipinski definition) is 2. The summed E-state index contributed by atoms with van der Waals surface area (Å²) in [6.07, 6.45) is -0.320. The highest BCUT2D eigenvalue weighted by atomic mass is 16.6. The number of nitro benzene ring substituents is 1. The van der Waals surface area contributed by atoms with Gasteiger partial charge < -0.3 is 20.3 Å². The summed E-state index contributed by atoms with van der Waals surface area (Å²) in [7, 11) is 0. The number of hydrogen-bond acceptors (Lipinski definition) is 5. The summed E-state index contributed by atoms with van der Waals surface area (Å²) >= 11 is 0. The molecule has 0 aromatic heterocycles. The van der Waals surface area contributed by atoms with E-state index in [1.807, 2.05) is 27.7 Å². The number of benzene rings is 1. The first-order valence-corrected chi connectivity index (χ1v) is 8.94. The van der Waals surface area contributed by atoms with Gasteiger partial charge in [-0.05, 0) is 33.3 Å². The molecule has 1 aliphatic heterocycles. The summed E-state index contributed by atoms with van der Waals surface area (Å²) < 4.78 is 5.34. The third kappa shape index (κ3) is 6.43. The lowest BCUT2D eigenvalue weighted by molar-refractivity contribution is -0.384. The molecular formula is C18H27N5O4. The number of guanidine groups is 1. The zero-order valence-electron chi connectivity index (χ0n) is 16.2. The van der Waals surface area contributed by atoms with E-state index in [0.29, 0.717) is 32.1 Å². The predicted octanol–water partition coefficient (Wildman–Crippen LogP) is 2.27. The van der Waals surface area contributed by atoms with Gasteiger partial charge in [-0.2, -0.15) is 0 Å². The van der Waals surface area contributed by atoms with Crippen LogP contribution in [0.4, 0.5) is 10.5 Å². The van der Waals surface area contributed by atoms with Crippen molar-refractivity contribution >= 4 is 17.7 Å². The summed E-state index contributed by atoms with van der Waals surface area (Å²) in [5, 5.41) is 17.3. The maximum Gasteiger partial charge on any atom is 0.410 e. The van der Waals surface area contributed by atoms with Crippen LogP contribution in [-0.4, -0.2) is 53.2 Å². The Morgan fingerprint density at radius 3 is 2.70 bits per heavy atom. The SMILES string of the molecule is CCNC(=NCc1cccc([N+](=O)[O-])c1)NC1CN(C(=O)OC(C)(C)C)C1. The van der Waals surface area contributed by atoms with Crippen molar-refractivity contribution < 1.29 is 14.5 Å². The second-order valence-electron chi connectivity index (χ2n) is 7.35. The van der Waals surface area contributed by atoms with Crippen molar-refractivity contribution in [3.63, 3.8) is 0 Å². The predicted molar refractivity (Wildman–Crippen MR) is 103 cm³/mol. The molecular weight excluding hydrogens is 350 g/mol. The number of carbonyl (C=O) groups is 1. The normalized spacial score (nSPS) is 15.1. The fraction of sp³-hybridized carbons (Fsp3) is 0.556. The topological polar surface area (TPSA) is 109 Å². The van der Waals surface area contributed by atoms with E-state index in [0.717, 1.165) is 5.56 Å². The van der Waals surface area contributed by atoms with Gasteiger partial charge in [0.15, 0.2) is 5.96 Å². The molecule has 9 heteroatoms. The average Bonchev–Trinajstić information content (AvgIpc) is 2.53. The number of carbonyl (C=O) groups excluding carboxylic acids is 1. The number of likely N-dealkylation sites (tertiary alicyclic amines) is 1. The number of ether oxygens (including phenoxy) is 1. The average molecular weight is 377 g/mol. The van der Waals surface area contributed by atoms with Gasteiger partial charge in [0.05, 0.1) is 17.5 Å². The highest BCUT2D eigenvalue weighted by molar-refractivity contribution is 5.80. The first-order valence-electron chi connectivity index (χ1n) is 8.94. The molecule has 0 bridgehead atoms. The zero-order chi connectivity index (χ0) is 20.0. The number of nitrogens with one attached hydrogen (secondary N) is 2. The molecule has 0 spiro atoms. The quantitative estimate of drug-likeness (QED) is 0.353. The van der Waals surface area contributed by atoms with Crippen molar-refractivity contribution in [1.82, 2.24) is 15.5 Å². The van der Waals surface area contributed by atoms with Gasteiger partial charge in [-0.1, -0.05) is 12.1 Å². The lowest BCUT2D eigenvalue weighted by Crippen LogP contribution is -2.63. The van der Waals surface area contributed by atoms with Crippen molar-refractivity contribution in [3.05, 3.63) is 39.9 Å². The van der Waals surface area contributed by atoms with Gasteiger partial charge in [0, 0.05) is 31.8 Å². The first kappa shape index (κ1) is 20.5. The van der Waals surface area contributed by atoms with E-state index in [1.165, 1.54) is 12.1 Å². The van der Waals surface area contributed by atoms with Crippen LogP contribution in [0.1, 0.15) is 33.3 Å². The Kier molecular flexibility index (Phi) is 6.59. The van der Waals surface area contributed by atoms with Crippen molar-refractivity contribution in [2.45, 2.75) is 45.9 Å². The highest BCUT2D eigenvalue weighted by Gasteiger charge is 2.34. The summed E-state index contributed by atoms with van der Waals surface area (Å²) in [6, 6.07) is 6.50. The molecule has 0 aliphatic carbocycles. The molecule has 2 N–H and O–H groups in total. The molecule has 1 aromatic rings. The molecule has 1 saturated heterocycles. The molecule has 0 saturated carbocycles. The van der Waals surface area contributed by atoms with Crippen LogP contribution >= 0.6 is 0 Å². The molecule has 1 amide bonds. The van der Waals surface area contributed by atoms with E-state index >= 15 is 0 Å². The molecule has 0 unspecified atom stereocenters. The second-order valence-corrected chi connectivity index (χ2v) is 7.35. The Hall–Kier alpha value is -2.84. The number of non-ortho nitro benzene ring substituents is 1. The molecule has 1 aliphatic rings. The summed E-state index contributed by atoms with van der Waals surface area (Å²) in [5.74, 6) is 0.609. The molecule has 27 heavy (non-hydrogen) atoms. The van der Waals surface area contributed by atoms with Crippen LogP contribution in [0.15, 0.2) is 29.3 Å². The van der Waals surface area contributed by atoms with Gasteiger partial charge in [0.2, 0.25) is 0 Å². The van der Waals surface area contributed by atoms with Crippen LogP contribution in [-0.2, 0) is 11.3 Å². The lowest BCUT2D eigenvalue weighted by atomic mass is 10.1. The molecule has 1 fully saturated rings. The van der Waals surface area contributed by atoms with Gasteiger partial charge in [-0.3, -0.25) is 10.1 Å². The zero-order valence-corrected chi connectivity index (χ0v) is 16.2. The van der Waals surface area contributed by atoms with Crippen LogP contribution in [0.5, 0.6) is 0 Å². The van der Waals surface area contributed by atoms with E-state index in [9.17, 15) is 14.9 Å². The second kappa shape index (κ2) is 8.70. The smallest absolute Gasteiger partial charge is 0.410 e. The minimum atomic E-state index is -0.510. The molecule has 1 heterocycles. The van der Waals surface area contributed by atoms with E-state index < -0.39 is 10.5 Å².